The molecule has 1 aromatic carbocycles. The highest BCUT2D eigenvalue weighted by atomic mass is 35.5. The first-order valence-electron chi connectivity index (χ1n) is 5.93. The molecule has 1 aromatic rings. The summed E-state index contributed by atoms with van der Waals surface area (Å²) in [5, 5.41) is 3.97. The highest BCUT2D eigenvalue weighted by molar-refractivity contribution is 6.33. The minimum Gasteiger partial charge on any atom is -0.383 e. The molecule has 0 atom stereocenters. The molecule has 0 radical (unpaired) electrons. The van der Waals surface area contributed by atoms with Crippen LogP contribution in [0.15, 0.2) is 18.2 Å². The van der Waals surface area contributed by atoms with E-state index in [1.165, 1.54) is 0 Å². The van der Waals surface area contributed by atoms with Crippen LogP contribution in [0.1, 0.15) is 31.2 Å². The molecule has 1 spiro atoms. The van der Waals surface area contributed by atoms with E-state index in [1.54, 1.807) is 0 Å². The average Bonchev–Trinajstić information content (AvgIpc) is 2.65. The van der Waals surface area contributed by atoms with Gasteiger partial charge in [0.2, 0.25) is 5.92 Å². The SMILES string of the molecule is FC1(F)CCC2(CC1)CNc1c(Cl)cccc12. The lowest BCUT2D eigenvalue weighted by molar-refractivity contribution is -0.0496. The van der Waals surface area contributed by atoms with Crippen LogP contribution in [-0.4, -0.2) is 12.5 Å². The molecule has 17 heavy (non-hydrogen) atoms. The van der Waals surface area contributed by atoms with Gasteiger partial charge in [-0.15, -0.1) is 0 Å². The van der Waals surface area contributed by atoms with Crippen LogP contribution in [0.25, 0.3) is 0 Å². The highest BCUT2D eigenvalue weighted by Crippen LogP contribution is 2.51. The summed E-state index contributed by atoms with van der Waals surface area (Å²) in [6.45, 7) is 0.738. The van der Waals surface area contributed by atoms with E-state index in [-0.39, 0.29) is 18.3 Å². The third-order valence-corrected chi connectivity index (χ3v) is 4.44. The zero-order valence-corrected chi connectivity index (χ0v) is 10.2. The molecular formula is C13H14ClF2N. The molecule has 2 aliphatic rings. The van der Waals surface area contributed by atoms with Gasteiger partial charge < -0.3 is 5.32 Å². The van der Waals surface area contributed by atoms with Crippen LogP contribution in [0.5, 0.6) is 0 Å². The maximum Gasteiger partial charge on any atom is 0.248 e. The fourth-order valence-electron chi connectivity index (χ4n) is 3.04. The Morgan fingerprint density at radius 2 is 1.82 bits per heavy atom. The van der Waals surface area contributed by atoms with Gasteiger partial charge in [-0.05, 0) is 24.5 Å². The number of hydrogen-bond acceptors (Lipinski definition) is 1. The van der Waals surface area contributed by atoms with Crippen LogP contribution in [0.2, 0.25) is 5.02 Å². The quantitative estimate of drug-likeness (QED) is 0.734. The van der Waals surface area contributed by atoms with Crippen LogP contribution in [-0.2, 0) is 5.41 Å². The summed E-state index contributed by atoms with van der Waals surface area (Å²) in [6.07, 6.45) is 1.06. The molecular weight excluding hydrogens is 244 g/mol. The standard InChI is InChI=1S/C13H14ClF2N/c14-10-3-1-2-9-11(10)17-8-12(9)4-6-13(15,16)7-5-12/h1-3,17H,4-8H2. The number of hydrogen-bond donors (Lipinski definition) is 1. The van der Waals surface area contributed by atoms with Gasteiger partial charge in [-0.1, -0.05) is 23.7 Å². The number of halogens is 3. The van der Waals surface area contributed by atoms with Crippen molar-refractivity contribution in [2.24, 2.45) is 0 Å². The van der Waals surface area contributed by atoms with Gasteiger partial charge in [0.1, 0.15) is 0 Å². The van der Waals surface area contributed by atoms with Crippen LogP contribution < -0.4 is 5.32 Å². The average molecular weight is 258 g/mol. The first-order chi connectivity index (χ1) is 8.03. The Kier molecular flexibility index (Phi) is 2.37. The van der Waals surface area contributed by atoms with E-state index in [2.05, 4.69) is 5.32 Å². The summed E-state index contributed by atoms with van der Waals surface area (Å²) in [4.78, 5) is 0. The maximum atomic E-state index is 13.2. The molecule has 0 bridgehead atoms. The molecule has 4 heteroatoms. The monoisotopic (exact) mass is 257 g/mol. The predicted octanol–water partition coefficient (Wildman–Crippen LogP) is 4.21. The van der Waals surface area contributed by atoms with Crippen molar-refractivity contribution in [3.63, 3.8) is 0 Å². The van der Waals surface area contributed by atoms with Crippen LogP contribution >= 0.6 is 11.6 Å². The number of nitrogens with one attached hydrogen (secondary N) is 1. The Bertz CT molecular complexity index is 449. The first-order valence-corrected chi connectivity index (χ1v) is 6.31. The highest BCUT2D eigenvalue weighted by Gasteiger charge is 2.47. The summed E-state index contributed by atoms with van der Waals surface area (Å²) < 4.78 is 26.5. The van der Waals surface area contributed by atoms with Gasteiger partial charge >= 0.3 is 0 Å². The predicted molar refractivity (Wildman–Crippen MR) is 65.0 cm³/mol. The molecule has 1 nitrogen and oxygen atoms in total. The Balaban J connectivity index is 1.96. The first kappa shape index (κ1) is 11.3. The second-order valence-corrected chi connectivity index (χ2v) is 5.56. The summed E-state index contributed by atoms with van der Waals surface area (Å²) >= 11 is 6.12. The van der Waals surface area contributed by atoms with Crippen molar-refractivity contribution in [2.75, 3.05) is 11.9 Å². The Morgan fingerprint density at radius 1 is 1.12 bits per heavy atom. The van der Waals surface area contributed by atoms with Crippen molar-refractivity contribution >= 4 is 17.3 Å². The van der Waals surface area contributed by atoms with Gasteiger partial charge in [0.25, 0.3) is 0 Å². The number of para-hydroxylation sites is 1. The van der Waals surface area contributed by atoms with E-state index in [0.29, 0.717) is 17.9 Å². The fraction of sp³-hybridized carbons (Fsp3) is 0.538. The lowest BCUT2D eigenvalue weighted by Crippen LogP contribution is -2.37. The molecule has 0 aromatic heterocycles. The third-order valence-electron chi connectivity index (χ3n) is 4.13. The Labute approximate surface area is 104 Å². The second kappa shape index (κ2) is 3.58. The minimum atomic E-state index is -2.48. The lowest BCUT2D eigenvalue weighted by Gasteiger charge is -2.37. The summed E-state index contributed by atoms with van der Waals surface area (Å²) in [6, 6.07) is 5.76. The number of anilines is 1. The largest absolute Gasteiger partial charge is 0.383 e. The van der Waals surface area contributed by atoms with Gasteiger partial charge in [0.15, 0.2) is 0 Å². The van der Waals surface area contributed by atoms with Crippen molar-refractivity contribution in [3.05, 3.63) is 28.8 Å². The fourth-order valence-corrected chi connectivity index (χ4v) is 3.28. The molecule has 0 unspecified atom stereocenters. The Morgan fingerprint density at radius 3 is 2.53 bits per heavy atom. The van der Waals surface area contributed by atoms with Gasteiger partial charge in [-0.3, -0.25) is 0 Å². The maximum absolute atomic E-state index is 13.2. The van der Waals surface area contributed by atoms with Crippen LogP contribution in [0, 0.1) is 0 Å². The molecule has 0 saturated heterocycles. The topological polar surface area (TPSA) is 12.0 Å². The van der Waals surface area contributed by atoms with Crippen molar-refractivity contribution in [1.29, 1.82) is 0 Å². The zero-order chi connectivity index (χ0) is 12.1. The lowest BCUT2D eigenvalue weighted by atomic mass is 9.70. The normalized spacial score (nSPS) is 24.4. The Hall–Kier alpha value is -0.830. The van der Waals surface area contributed by atoms with E-state index < -0.39 is 5.92 Å². The zero-order valence-electron chi connectivity index (χ0n) is 9.40. The molecule has 0 amide bonds. The van der Waals surface area contributed by atoms with E-state index in [1.807, 2.05) is 18.2 Å². The van der Waals surface area contributed by atoms with E-state index in [9.17, 15) is 8.78 Å². The summed E-state index contributed by atoms with van der Waals surface area (Å²) in [5.41, 5.74) is 1.95. The van der Waals surface area contributed by atoms with Gasteiger partial charge in [-0.2, -0.15) is 0 Å². The minimum absolute atomic E-state index is 0.0133. The van der Waals surface area contributed by atoms with Gasteiger partial charge in [0.05, 0.1) is 10.7 Å². The molecule has 1 saturated carbocycles. The number of rotatable bonds is 0. The molecule has 1 N–H and O–H groups in total. The van der Waals surface area contributed by atoms with Crippen molar-refractivity contribution < 1.29 is 8.78 Å². The molecule has 1 heterocycles. The van der Waals surface area contributed by atoms with Crippen LogP contribution in [0.3, 0.4) is 0 Å². The van der Waals surface area contributed by atoms with Crippen molar-refractivity contribution in [2.45, 2.75) is 37.0 Å². The molecule has 3 rings (SSSR count). The molecule has 1 aliphatic heterocycles. The van der Waals surface area contributed by atoms with Crippen molar-refractivity contribution in [3.8, 4) is 0 Å². The van der Waals surface area contributed by atoms with Crippen molar-refractivity contribution in [1.82, 2.24) is 0 Å². The second-order valence-electron chi connectivity index (χ2n) is 5.15. The number of alkyl halides is 2. The summed E-state index contributed by atoms with van der Waals surface area (Å²) in [5.74, 6) is -2.48. The molecule has 1 aliphatic carbocycles. The van der Waals surface area contributed by atoms with Gasteiger partial charge in [0, 0.05) is 24.8 Å². The third kappa shape index (κ3) is 1.71. The van der Waals surface area contributed by atoms with E-state index in [4.69, 9.17) is 11.6 Å². The molecule has 1 fully saturated rings. The molecule has 92 valence electrons. The smallest absolute Gasteiger partial charge is 0.248 e. The number of fused-ring (bicyclic) bond motifs is 2. The summed E-state index contributed by atoms with van der Waals surface area (Å²) in [7, 11) is 0. The van der Waals surface area contributed by atoms with Crippen LogP contribution in [0.4, 0.5) is 14.5 Å². The van der Waals surface area contributed by atoms with Gasteiger partial charge in [-0.25, -0.2) is 8.78 Å². The van der Waals surface area contributed by atoms with E-state index in [0.717, 1.165) is 17.8 Å². The number of benzene rings is 1. The van der Waals surface area contributed by atoms with E-state index >= 15 is 0 Å².